The van der Waals surface area contributed by atoms with Crippen LogP contribution in [0.4, 0.5) is 0 Å². The average Bonchev–Trinajstić information content (AvgIpc) is 2.91. The molecule has 4 heteroatoms. The maximum Gasteiger partial charge on any atom is 0.303 e. The number of esters is 1. The van der Waals surface area contributed by atoms with Crippen LogP contribution >= 0.6 is 0 Å². The second kappa shape index (κ2) is 6.77. The van der Waals surface area contributed by atoms with Crippen LogP contribution < -0.4 is 0 Å². The van der Waals surface area contributed by atoms with Gasteiger partial charge in [-0.2, -0.15) is 0 Å². The molecule has 4 aliphatic carbocycles. The molecular weight excluding hydrogens is 340 g/mol. The van der Waals surface area contributed by atoms with E-state index in [1.54, 1.807) is 6.92 Å². The quantitative estimate of drug-likeness (QED) is 0.700. The van der Waals surface area contributed by atoms with Gasteiger partial charge in [-0.15, -0.1) is 0 Å². The van der Waals surface area contributed by atoms with E-state index in [4.69, 9.17) is 4.74 Å². The van der Waals surface area contributed by atoms with Crippen molar-refractivity contribution in [2.75, 3.05) is 0 Å². The zero-order valence-corrected chi connectivity index (χ0v) is 17.2. The Morgan fingerprint density at radius 1 is 0.963 bits per heavy atom. The summed E-state index contributed by atoms with van der Waals surface area (Å²) in [5.41, 5.74) is 0.551. The largest absolute Gasteiger partial charge is 0.481 e. The van der Waals surface area contributed by atoms with Crippen molar-refractivity contribution in [2.24, 2.45) is 40.4 Å². The molecule has 4 saturated carbocycles. The van der Waals surface area contributed by atoms with Gasteiger partial charge in [0.15, 0.2) is 0 Å². The molecule has 4 nitrogen and oxygen atoms in total. The summed E-state index contributed by atoms with van der Waals surface area (Å²) in [7, 11) is 0. The fourth-order valence-electron chi connectivity index (χ4n) is 8.13. The third-order valence-electron chi connectivity index (χ3n) is 9.46. The van der Waals surface area contributed by atoms with Gasteiger partial charge < -0.3 is 9.84 Å². The van der Waals surface area contributed by atoms with Gasteiger partial charge in [-0.3, -0.25) is 9.59 Å². The van der Waals surface area contributed by atoms with Gasteiger partial charge in [0.2, 0.25) is 0 Å². The molecule has 0 aromatic rings. The maximum atomic E-state index is 11.6. The second-order valence-electron chi connectivity index (χ2n) is 10.6. The lowest BCUT2D eigenvalue weighted by Gasteiger charge is -2.61. The van der Waals surface area contributed by atoms with Crippen molar-refractivity contribution in [2.45, 2.75) is 91.1 Å². The molecule has 0 aliphatic heterocycles. The Morgan fingerprint density at radius 3 is 2.37 bits per heavy atom. The van der Waals surface area contributed by atoms with Crippen LogP contribution in [0.15, 0.2) is 0 Å². The molecule has 4 aliphatic rings. The molecular formula is C23H36O4. The Hall–Kier alpha value is -1.06. The molecule has 1 N–H and O–H groups in total. The molecule has 27 heavy (non-hydrogen) atoms. The van der Waals surface area contributed by atoms with Crippen LogP contribution in [-0.2, 0) is 14.3 Å². The van der Waals surface area contributed by atoms with Crippen molar-refractivity contribution >= 4 is 11.9 Å². The van der Waals surface area contributed by atoms with Crippen molar-refractivity contribution in [3.63, 3.8) is 0 Å². The summed E-state index contributed by atoms with van der Waals surface area (Å²) in [4.78, 5) is 22.7. The van der Waals surface area contributed by atoms with E-state index in [1.807, 2.05) is 0 Å². The molecule has 0 spiro atoms. The van der Waals surface area contributed by atoms with E-state index in [0.29, 0.717) is 29.6 Å². The topological polar surface area (TPSA) is 63.6 Å². The Bertz CT molecular complexity index is 615. The minimum absolute atomic E-state index is 0.109. The molecule has 0 bridgehead atoms. The van der Waals surface area contributed by atoms with Crippen molar-refractivity contribution in [1.29, 1.82) is 0 Å². The first kappa shape index (κ1) is 19.3. The SMILES string of the molecule is CC(=O)O[C@H]1CCC2C3CC[C@H]4CC(CC(=O)O)CC[C@]4(C)C3CC[C@@]21C. The van der Waals surface area contributed by atoms with Crippen LogP contribution in [0, 0.1) is 40.4 Å². The van der Waals surface area contributed by atoms with Gasteiger partial charge in [0.25, 0.3) is 0 Å². The number of carbonyl (C=O) groups excluding carboxylic acids is 1. The number of hydrogen-bond donors (Lipinski definition) is 1. The molecule has 8 atom stereocenters. The average molecular weight is 377 g/mol. The zero-order valence-electron chi connectivity index (χ0n) is 17.2. The molecule has 4 rings (SSSR count). The molecule has 152 valence electrons. The minimum Gasteiger partial charge on any atom is -0.481 e. The predicted molar refractivity (Wildman–Crippen MR) is 103 cm³/mol. The van der Waals surface area contributed by atoms with Gasteiger partial charge in [-0.1, -0.05) is 13.8 Å². The van der Waals surface area contributed by atoms with E-state index in [0.717, 1.165) is 31.1 Å². The lowest BCUT2D eigenvalue weighted by atomic mass is 9.44. The van der Waals surface area contributed by atoms with Gasteiger partial charge in [0, 0.05) is 18.8 Å². The highest BCUT2D eigenvalue weighted by atomic mass is 16.5. The molecule has 0 aromatic carbocycles. The molecule has 0 heterocycles. The van der Waals surface area contributed by atoms with Crippen LogP contribution in [0.2, 0.25) is 0 Å². The zero-order chi connectivity index (χ0) is 19.4. The smallest absolute Gasteiger partial charge is 0.303 e. The third kappa shape index (κ3) is 3.11. The molecule has 0 saturated heterocycles. The van der Waals surface area contributed by atoms with Gasteiger partial charge in [0.1, 0.15) is 6.10 Å². The standard InChI is InChI=1S/C23H36O4/c1-14(24)27-20-7-6-18-17-5-4-16-12-15(13-21(25)26)8-10-22(16,2)19(17)9-11-23(18,20)3/h15-20H,4-13H2,1-3H3,(H,25,26)/t15?,16-,17?,18?,19?,20-,22-,23-/m0/s1. The normalized spacial score (nSPS) is 48.9. The molecule has 0 radical (unpaired) electrons. The maximum absolute atomic E-state index is 11.6. The highest BCUT2D eigenvalue weighted by Crippen LogP contribution is 2.67. The number of rotatable bonds is 3. The van der Waals surface area contributed by atoms with E-state index in [1.165, 1.54) is 38.5 Å². The first-order valence-corrected chi connectivity index (χ1v) is 11.1. The Balaban J connectivity index is 1.51. The predicted octanol–water partition coefficient (Wildman–Crippen LogP) is 5.05. The Morgan fingerprint density at radius 2 is 1.67 bits per heavy atom. The monoisotopic (exact) mass is 376 g/mol. The lowest BCUT2D eigenvalue weighted by Crippen LogP contribution is -2.54. The van der Waals surface area contributed by atoms with Gasteiger partial charge >= 0.3 is 11.9 Å². The van der Waals surface area contributed by atoms with E-state index < -0.39 is 5.97 Å². The molecule has 0 amide bonds. The fraction of sp³-hybridized carbons (Fsp3) is 0.913. The first-order valence-electron chi connectivity index (χ1n) is 11.1. The van der Waals surface area contributed by atoms with E-state index in [-0.39, 0.29) is 17.5 Å². The van der Waals surface area contributed by atoms with Crippen molar-refractivity contribution in [3.8, 4) is 0 Å². The van der Waals surface area contributed by atoms with Crippen LogP contribution in [0.1, 0.15) is 85.0 Å². The van der Waals surface area contributed by atoms with E-state index >= 15 is 0 Å². The number of carboxylic acid groups (broad SMARTS) is 1. The highest BCUT2D eigenvalue weighted by Gasteiger charge is 2.61. The van der Waals surface area contributed by atoms with Crippen LogP contribution in [0.5, 0.6) is 0 Å². The van der Waals surface area contributed by atoms with Crippen LogP contribution in [0.3, 0.4) is 0 Å². The van der Waals surface area contributed by atoms with Crippen molar-refractivity contribution in [3.05, 3.63) is 0 Å². The molecule has 4 unspecified atom stereocenters. The number of fused-ring (bicyclic) bond motifs is 5. The van der Waals surface area contributed by atoms with E-state index in [2.05, 4.69) is 13.8 Å². The summed E-state index contributed by atoms with van der Waals surface area (Å²) in [5, 5.41) is 9.20. The first-order chi connectivity index (χ1) is 12.7. The highest BCUT2D eigenvalue weighted by molar-refractivity contribution is 5.67. The van der Waals surface area contributed by atoms with Crippen molar-refractivity contribution in [1.82, 2.24) is 0 Å². The number of aliphatic carboxylic acids is 1. The molecule has 0 aromatic heterocycles. The second-order valence-corrected chi connectivity index (χ2v) is 10.6. The summed E-state index contributed by atoms with van der Waals surface area (Å²) < 4.78 is 5.75. The number of hydrogen-bond acceptors (Lipinski definition) is 3. The lowest BCUT2D eigenvalue weighted by molar-refractivity contribution is -0.162. The number of carboxylic acids is 1. The summed E-state index contributed by atoms with van der Waals surface area (Å²) in [6.07, 6.45) is 11.1. The number of ether oxygens (including phenoxy) is 1. The van der Waals surface area contributed by atoms with E-state index in [9.17, 15) is 14.7 Å². The Labute approximate surface area is 163 Å². The van der Waals surface area contributed by atoms with Crippen LogP contribution in [0.25, 0.3) is 0 Å². The summed E-state index contributed by atoms with van der Waals surface area (Å²) in [6.45, 7) is 6.45. The van der Waals surface area contributed by atoms with Gasteiger partial charge in [0.05, 0.1) is 0 Å². The number of carbonyl (C=O) groups is 2. The summed E-state index contributed by atoms with van der Waals surface area (Å²) >= 11 is 0. The van der Waals surface area contributed by atoms with Crippen LogP contribution in [-0.4, -0.2) is 23.1 Å². The summed E-state index contributed by atoms with van der Waals surface area (Å²) in [5.74, 6) is 2.55. The fourth-order valence-corrected chi connectivity index (χ4v) is 8.13. The van der Waals surface area contributed by atoms with Gasteiger partial charge in [-0.05, 0) is 92.8 Å². The summed E-state index contributed by atoms with van der Waals surface area (Å²) in [6, 6.07) is 0. The van der Waals surface area contributed by atoms with Gasteiger partial charge in [-0.25, -0.2) is 0 Å². The van der Waals surface area contributed by atoms with Crippen molar-refractivity contribution < 1.29 is 19.4 Å². The minimum atomic E-state index is -0.631. The third-order valence-corrected chi connectivity index (χ3v) is 9.46. The molecule has 4 fully saturated rings. The Kier molecular flexibility index (Phi) is 4.83.